The molecule has 3 aromatic carbocycles. The zero-order valence-corrected chi connectivity index (χ0v) is 17.3. The summed E-state index contributed by atoms with van der Waals surface area (Å²) >= 11 is 0. The summed E-state index contributed by atoms with van der Waals surface area (Å²) in [5, 5.41) is 11.6. The van der Waals surface area contributed by atoms with Crippen LogP contribution in [0.25, 0.3) is 6.08 Å². The van der Waals surface area contributed by atoms with Crippen LogP contribution in [0.1, 0.15) is 57.6 Å². The van der Waals surface area contributed by atoms with Crippen molar-refractivity contribution in [3.63, 3.8) is 0 Å². The highest BCUT2D eigenvalue weighted by Crippen LogP contribution is 2.54. The molecular formula is C28H26O2. The summed E-state index contributed by atoms with van der Waals surface area (Å²) in [6.07, 6.45) is 4.74. The predicted molar refractivity (Wildman–Crippen MR) is 120 cm³/mol. The van der Waals surface area contributed by atoms with Gasteiger partial charge in [-0.05, 0) is 47.1 Å². The lowest BCUT2D eigenvalue weighted by atomic mass is 9.70. The maximum atomic E-state index is 12.0. The molecule has 0 radical (unpaired) electrons. The minimum atomic E-state index is -0.536. The summed E-state index contributed by atoms with van der Waals surface area (Å²) in [7, 11) is 0. The van der Waals surface area contributed by atoms with Crippen LogP contribution in [-0.4, -0.2) is 10.9 Å². The van der Waals surface area contributed by atoms with Gasteiger partial charge in [0.05, 0.1) is 6.10 Å². The third-order valence-corrected chi connectivity index (χ3v) is 6.90. The SMILES string of the molecule is CCC(=O)c1ccc(C[C@]2(C3=Cc4ccccc4C3)Cc3ccccc3[C@@H]2O)cc1. The number of hydrogen-bond acceptors (Lipinski definition) is 2. The number of fused-ring (bicyclic) bond motifs is 2. The van der Waals surface area contributed by atoms with E-state index in [4.69, 9.17) is 0 Å². The first-order valence-electron chi connectivity index (χ1n) is 10.8. The van der Waals surface area contributed by atoms with Gasteiger partial charge in [0.25, 0.3) is 0 Å². The summed E-state index contributed by atoms with van der Waals surface area (Å²) < 4.78 is 0. The second kappa shape index (κ2) is 7.37. The van der Waals surface area contributed by atoms with Crippen molar-refractivity contribution in [1.82, 2.24) is 0 Å². The Morgan fingerprint density at radius 3 is 2.37 bits per heavy atom. The number of aliphatic hydroxyl groups excluding tert-OH is 1. The minimum Gasteiger partial charge on any atom is -0.387 e. The van der Waals surface area contributed by atoms with Crippen molar-refractivity contribution in [2.24, 2.45) is 5.41 Å². The molecule has 2 atom stereocenters. The van der Waals surface area contributed by atoms with Gasteiger partial charge in [-0.15, -0.1) is 0 Å². The van der Waals surface area contributed by atoms with E-state index in [2.05, 4.69) is 60.7 Å². The average Bonchev–Trinajstić information content (AvgIpc) is 3.34. The molecule has 0 spiro atoms. The molecule has 0 aromatic heterocycles. The lowest BCUT2D eigenvalue weighted by Gasteiger charge is -2.35. The van der Waals surface area contributed by atoms with E-state index < -0.39 is 6.10 Å². The van der Waals surface area contributed by atoms with Crippen LogP contribution in [0.3, 0.4) is 0 Å². The molecule has 2 nitrogen and oxygen atoms in total. The van der Waals surface area contributed by atoms with E-state index in [0.717, 1.165) is 36.0 Å². The van der Waals surface area contributed by atoms with Crippen molar-refractivity contribution in [2.45, 2.75) is 38.7 Å². The van der Waals surface area contributed by atoms with E-state index >= 15 is 0 Å². The van der Waals surface area contributed by atoms with E-state index in [1.165, 1.54) is 22.3 Å². The highest BCUT2D eigenvalue weighted by atomic mass is 16.3. The van der Waals surface area contributed by atoms with Gasteiger partial charge in [0, 0.05) is 17.4 Å². The molecule has 2 aliphatic rings. The molecule has 0 aliphatic heterocycles. The standard InChI is InChI=1S/C28H26O2/c1-2-26(29)20-13-11-19(12-14-20)17-28(18-23-9-5-6-10-25(23)27(28)30)24-15-21-7-3-4-8-22(21)16-24/h3-15,27,30H,2,16-18H2,1H3/t27-,28+/m0/s1. The van der Waals surface area contributed by atoms with Gasteiger partial charge in [0.1, 0.15) is 0 Å². The van der Waals surface area contributed by atoms with Crippen LogP contribution in [0.15, 0.2) is 78.4 Å². The molecule has 0 saturated heterocycles. The second-order valence-corrected chi connectivity index (χ2v) is 8.63. The van der Waals surface area contributed by atoms with E-state index in [1.54, 1.807) is 0 Å². The number of aliphatic hydroxyl groups is 1. The van der Waals surface area contributed by atoms with E-state index in [0.29, 0.717) is 6.42 Å². The molecule has 30 heavy (non-hydrogen) atoms. The maximum absolute atomic E-state index is 12.0. The molecule has 2 heteroatoms. The molecule has 3 aromatic rings. The van der Waals surface area contributed by atoms with Gasteiger partial charge in [-0.3, -0.25) is 4.79 Å². The summed E-state index contributed by atoms with van der Waals surface area (Å²) in [5.74, 6) is 0.165. The van der Waals surface area contributed by atoms with Crippen LogP contribution in [0, 0.1) is 5.41 Å². The number of rotatable bonds is 5. The summed E-state index contributed by atoms with van der Waals surface area (Å²) in [4.78, 5) is 12.0. The number of Topliss-reactive ketones (excluding diaryl/α,β-unsaturated/α-hetero) is 1. The summed E-state index contributed by atoms with van der Waals surface area (Å²) in [6, 6.07) is 24.8. The summed E-state index contributed by atoms with van der Waals surface area (Å²) in [6.45, 7) is 1.89. The third-order valence-electron chi connectivity index (χ3n) is 6.90. The van der Waals surface area contributed by atoms with E-state index in [1.807, 2.05) is 25.1 Å². The number of benzene rings is 3. The molecule has 0 unspecified atom stereocenters. The Morgan fingerprint density at radius 1 is 0.967 bits per heavy atom. The van der Waals surface area contributed by atoms with Crippen LogP contribution < -0.4 is 0 Å². The normalized spacial score (nSPS) is 21.8. The van der Waals surface area contributed by atoms with Crippen molar-refractivity contribution in [3.05, 3.63) is 112 Å². The first kappa shape index (κ1) is 19.0. The molecule has 0 saturated carbocycles. The lowest BCUT2D eigenvalue weighted by Crippen LogP contribution is -2.31. The first-order chi connectivity index (χ1) is 14.6. The Morgan fingerprint density at radius 2 is 1.67 bits per heavy atom. The number of carbonyl (C=O) groups is 1. The van der Waals surface area contributed by atoms with Gasteiger partial charge >= 0.3 is 0 Å². The Labute approximate surface area is 177 Å². The monoisotopic (exact) mass is 394 g/mol. The number of carbonyl (C=O) groups excluding carboxylic acids is 1. The van der Waals surface area contributed by atoms with Gasteiger partial charge in [-0.2, -0.15) is 0 Å². The van der Waals surface area contributed by atoms with Crippen molar-refractivity contribution in [2.75, 3.05) is 0 Å². The molecular weight excluding hydrogens is 368 g/mol. The Balaban J connectivity index is 1.55. The van der Waals surface area contributed by atoms with Crippen molar-refractivity contribution in [1.29, 1.82) is 0 Å². The fraction of sp³-hybridized carbons (Fsp3) is 0.250. The van der Waals surface area contributed by atoms with Gasteiger partial charge < -0.3 is 5.11 Å². The van der Waals surface area contributed by atoms with E-state index in [-0.39, 0.29) is 11.2 Å². The highest BCUT2D eigenvalue weighted by Gasteiger charge is 2.48. The minimum absolute atomic E-state index is 0.165. The van der Waals surface area contributed by atoms with Crippen LogP contribution in [0.4, 0.5) is 0 Å². The van der Waals surface area contributed by atoms with Gasteiger partial charge in [0.2, 0.25) is 0 Å². The Hall–Kier alpha value is -2.97. The Bertz CT molecular complexity index is 1140. The zero-order valence-electron chi connectivity index (χ0n) is 17.3. The van der Waals surface area contributed by atoms with Crippen LogP contribution in [0.2, 0.25) is 0 Å². The number of ketones is 1. The second-order valence-electron chi connectivity index (χ2n) is 8.63. The van der Waals surface area contributed by atoms with Crippen LogP contribution >= 0.6 is 0 Å². The average molecular weight is 395 g/mol. The number of hydrogen-bond donors (Lipinski definition) is 1. The van der Waals surface area contributed by atoms with Gasteiger partial charge in [0.15, 0.2) is 5.78 Å². The lowest BCUT2D eigenvalue weighted by molar-refractivity contribution is 0.0651. The van der Waals surface area contributed by atoms with Crippen molar-refractivity contribution < 1.29 is 9.90 Å². The first-order valence-corrected chi connectivity index (χ1v) is 10.8. The topological polar surface area (TPSA) is 37.3 Å². The quantitative estimate of drug-likeness (QED) is 0.561. The Kier molecular flexibility index (Phi) is 4.67. The van der Waals surface area contributed by atoms with Crippen molar-refractivity contribution in [3.8, 4) is 0 Å². The molecule has 0 amide bonds. The van der Waals surface area contributed by atoms with Crippen LogP contribution in [0.5, 0.6) is 0 Å². The predicted octanol–water partition coefficient (Wildman–Crippen LogP) is 5.74. The molecule has 150 valence electrons. The molecule has 0 fully saturated rings. The van der Waals surface area contributed by atoms with Gasteiger partial charge in [-0.1, -0.05) is 91.4 Å². The molecule has 0 heterocycles. The molecule has 1 N–H and O–H groups in total. The smallest absolute Gasteiger partial charge is 0.162 e. The fourth-order valence-corrected chi connectivity index (χ4v) is 5.23. The zero-order chi connectivity index (χ0) is 20.7. The fourth-order valence-electron chi connectivity index (χ4n) is 5.23. The molecule has 5 rings (SSSR count). The third kappa shape index (κ3) is 3.03. The van der Waals surface area contributed by atoms with Crippen LogP contribution in [-0.2, 0) is 19.3 Å². The molecule has 0 bridgehead atoms. The largest absolute Gasteiger partial charge is 0.387 e. The van der Waals surface area contributed by atoms with E-state index in [9.17, 15) is 9.90 Å². The highest BCUT2D eigenvalue weighted by molar-refractivity contribution is 5.95. The summed E-state index contributed by atoms with van der Waals surface area (Å²) in [5.41, 5.74) is 7.74. The maximum Gasteiger partial charge on any atom is 0.162 e. The molecule has 2 aliphatic carbocycles. The van der Waals surface area contributed by atoms with Gasteiger partial charge in [-0.25, -0.2) is 0 Å². The van der Waals surface area contributed by atoms with Crippen molar-refractivity contribution >= 4 is 11.9 Å².